The number of hydrogen-bond donors (Lipinski definition) is 0. The van der Waals surface area contributed by atoms with Crippen molar-refractivity contribution in [2.24, 2.45) is 0 Å². The zero-order chi connectivity index (χ0) is 20.9. The van der Waals surface area contributed by atoms with Gasteiger partial charge in [0, 0.05) is 10.9 Å². The molecule has 0 radical (unpaired) electrons. The molecule has 0 saturated heterocycles. The van der Waals surface area contributed by atoms with Gasteiger partial charge in [0.05, 0.1) is 23.2 Å². The van der Waals surface area contributed by atoms with Crippen LogP contribution in [0.5, 0.6) is 0 Å². The summed E-state index contributed by atoms with van der Waals surface area (Å²) in [6.07, 6.45) is 1.66. The van der Waals surface area contributed by atoms with Crippen LogP contribution in [0.25, 0.3) is 27.9 Å². The fourth-order valence-electron chi connectivity index (χ4n) is 3.93. The number of imide groups is 1. The average Bonchev–Trinajstić information content (AvgIpc) is 3.36. The summed E-state index contributed by atoms with van der Waals surface area (Å²) in [5.41, 5.74) is 4.23. The second-order valence-corrected chi connectivity index (χ2v) is 7.40. The predicted molar refractivity (Wildman–Crippen MR) is 114 cm³/mol. The van der Waals surface area contributed by atoms with E-state index < -0.39 is 0 Å². The molecule has 0 saturated carbocycles. The molecule has 0 spiro atoms. The van der Waals surface area contributed by atoms with Gasteiger partial charge in [0.2, 0.25) is 0 Å². The van der Waals surface area contributed by atoms with Crippen LogP contribution < -0.4 is 0 Å². The van der Waals surface area contributed by atoms with E-state index in [1.165, 1.54) is 4.90 Å². The van der Waals surface area contributed by atoms with Gasteiger partial charge in [-0.1, -0.05) is 48.5 Å². The number of amides is 2. The Morgan fingerprint density at radius 2 is 1.45 bits per heavy atom. The van der Waals surface area contributed by atoms with Gasteiger partial charge in [0.25, 0.3) is 11.8 Å². The number of carbonyl (C=O) groups excluding carboxylic acids is 2. The molecule has 5 aromatic rings. The van der Waals surface area contributed by atoms with Crippen molar-refractivity contribution < 1.29 is 9.59 Å². The summed E-state index contributed by atoms with van der Waals surface area (Å²) in [5.74, 6) is 0.0718. The van der Waals surface area contributed by atoms with E-state index in [4.69, 9.17) is 0 Å². The third-order valence-corrected chi connectivity index (χ3v) is 5.51. The first-order valence-electron chi connectivity index (χ1n) is 9.84. The molecule has 2 amide bonds. The van der Waals surface area contributed by atoms with Crippen LogP contribution in [0.2, 0.25) is 0 Å². The molecule has 0 bridgehead atoms. The van der Waals surface area contributed by atoms with Crippen molar-refractivity contribution in [1.82, 2.24) is 24.5 Å². The van der Waals surface area contributed by atoms with Gasteiger partial charge in [-0.15, -0.1) is 5.10 Å². The summed E-state index contributed by atoms with van der Waals surface area (Å²) in [7, 11) is 0. The largest absolute Gasteiger partial charge is 0.270 e. The Bertz CT molecular complexity index is 1470. The molecule has 0 fully saturated rings. The van der Waals surface area contributed by atoms with Gasteiger partial charge < -0.3 is 0 Å². The lowest BCUT2D eigenvalue weighted by Crippen LogP contribution is -2.29. The Hall–Kier alpha value is -4.39. The van der Waals surface area contributed by atoms with E-state index in [1.54, 1.807) is 35.1 Å². The first-order valence-corrected chi connectivity index (χ1v) is 9.84. The first kappa shape index (κ1) is 17.5. The molecule has 0 aliphatic carbocycles. The minimum Gasteiger partial charge on any atom is -0.270 e. The molecule has 2 aromatic heterocycles. The number of fused-ring (bicyclic) bond motifs is 4. The van der Waals surface area contributed by atoms with Crippen molar-refractivity contribution >= 4 is 28.4 Å². The molecule has 0 atom stereocenters. The van der Waals surface area contributed by atoms with Crippen LogP contribution in [0, 0.1) is 0 Å². The number of hydrogen-bond acceptors (Lipinski definition) is 5. The fourth-order valence-corrected chi connectivity index (χ4v) is 3.93. The molecule has 6 rings (SSSR count). The highest BCUT2D eigenvalue weighted by molar-refractivity contribution is 6.21. The first-order chi connectivity index (χ1) is 15.2. The molecule has 31 heavy (non-hydrogen) atoms. The summed E-state index contributed by atoms with van der Waals surface area (Å²) in [5, 5.41) is 5.48. The van der Waals surface area contributed by atoms with Crippen LogP contribution in [0.15, 0.2) is 79.1 Å². The number of rotatable bonds is 3. The Kier molecular flexibility index (Phi) is 3.70. The Morgan fingerprint density at radius 1 is 0.774 bits per heavy atom. The lowest BCUT2D eigenvalue weighted by Gasteiger charge is -2.13. The zero-order valence-electron chi connectivity index (χ0n) is 16.3. The molecule has 7 heteroatoms. The van der Waals surface area contributed by atoms with Crippen LogP contribution in [0.1, 0.15) is 26.3 Å². The second kappa shape index (κ2) is 6.56. The number of nitrogens with zero attached hydrogens (tertiary/aromatic N) is 5. The summed E-state index contributed by atoms with van der Waals surface area (Å²) >= 11 is 0. The van der Waals surface area contributed by atoms with Gasteiger partial charge in [-0.25, -0.2) is 14.5 Å². The molecule has 7 nitrogen and oxygen atoms in total. The topological polar surface area (TPSA) is 80.5 Å². The number of benzene rings is 3. The third-order valence-electron chi connectivity index (χ3n) is 5.51. The fraction of sp³-hybridized carbons (Fsp3) is 0.0417. The molecule has 1 aliphatic rings. The molecule has 0 unspecified atom stereocenters. The Labute approximate surface area is 176 Å². The van der Waals surface area contributed by atoms with E-state index >= 15 is 0 Å². The van der Waals surface area contributed by atoms with Crippen LogP contribution in [0.4, 0.5) is 0 Å². The maximum Gasteiger partial charge on any atom is 0.261 e. The highest BCUT2D eigenvalue weighted by atomic mass is 16.2. The number of para-hydroxylation sites is 1. The normalized spacial score (nSPS) is 13.4. The van der Waals surface area contributed by atoms with Crippen LogP contribution in [-0.2, 0) is 6.54 Å². The molecule has 148 valence electrons. The van der Waals surface area contributed by atoms with Crippen molar-refractivity contribution in [2.75, 3.05) is 0 Å². The van der Waals surface area contributed by atoms with Gasteiger partial charge in [-0.2, -0.15) is 0 Å². The highest BCUT2D eigenvalue weighted by Crippen LogP contribution is 2.25. The standard InChI is InChI=1S/C24H15N5O2/c30-23-17-5-1-2-6-18(17)24(31)28(23)13-15-9-11-16(12-10-15)21-26-22-19-7-3-4-8-20(19)25-14-29(22)27-21/h1-12,14H,13H2. The van der Waals surface area contributed by atoms with E-state index in [1.807, 2.05) is 48.5 Å². The number of aromatic nitrogens is 4. The summed E-state index contributed by atoms with van der Waals surface area (Å²) in [6.45, 7) is 0.222. The molecule has 0 N–H and O–H groups in total. The molecule has 1 aliphatic heterocycles. The third kappa shape index (κ3) is 2.71. The SMILES string of the molecule is O=C1c2ccccc2C(=O)N1Cc1ccc(-c2nc3c4ccccc4ncn3n2)cc1. The molecule has 3 heterocycles. The van der Waals surface area contributed by atoms with Gasteiger partial charge in [-0.3, -0.25) is 14.5 Å². The van der Waals surface area contributed by atoms with Crippen molar-refractivity contribution in [3.63, 3.8) is 0 Å². The van der Waals surface area contributed by atoms with Crippen molar-refractivity contribution in [1.29, 1.82) is 0 Å². The van der Waals surface area contributed by atoms with Crippen molar-refractivity contribution in [3.8, 4) is 11.4 Å². The minimum absolute atomic E-state index is 0.222. The van der Waals surface area contributed by atoms with Crippen LogP contribution in [-0.4, -0.2) is 36.3 Å². The maximum atomic E-state index is 12.6. The van der Waals surface area contributed by atoms with Gasteiger partial charge >= 0.3 is 0 Å². The zero-order valence-corrected chi connectivity index (χ0v) is 16.3. The minimum atomic E-state index is -0.258. The van der Waals surface area contributed by atoms with E-state index in [0.29, 0.717) is 17.0 Å². The van der Waals surface area contributed by atoms with E-state index in [2.05, 4.69) is 15.1 Å². The van der Waals surface area contributed by atoms with Gasteiger partial charge in [0.1, 0.15) is 6.33 Å². The predicted octanol–water partition coefficient (Wildman–Crippen LogP) is 3.74. The van der Waals surface area contributed by atoms with Crippen LogP contribution in [0.3, 0.4) is 0 Å². The lowest BCUT2D eigenvalue weighted by molar-refractivity contribution is 0.0642. The summed E-state index contributed by atoms with van der Waals surface area (Å²) < 4.78 is 1.67. The monoisotopic (exact) mass is 405 g/mol. The lowest BCUT2D eigenvalue weighted by atomic mass is 10.1. The summed E-state index contributed by atoms with van der Waals surface area (Å²) in [4.78, 5) is 35.5. The smallest absolute Gasteiger partial charge is 0.261 e. The maximum absolute atomic E-state index is 12.6. The second-order valence-electron chi connectivity index (χ2n) is 7.40. The molecular formula is C24H15N5O2. The van der Waals surface area contributed by atoms with E-state index in [-0.39, 0.29) is 18.4 Å². The van der Waals surface area contributed by atoms with Crippen LogP contribution >= 0.6 is 0 Å². The van der Waals surface area contributed by atoms with Gasteiger partial charge in [0.15, 0.2) is 11.5 Å². The summed E-state index contributed by atoms with van der Waals surface area (Å²) in [6, 6.07) is 22.3. The quantitative estimate of drug-likeness (QED) is 0.427. The van der Waals surface area contributed by atoms with Crippen molar-refractivity contribution in [2.45, 2.75) is 6.54 Å². The number of carbonyl (C=O) groups is 2. The average molecular weight is 405 g/mol. The van der Waals surface area contributed by atoms with E-state index in [9.17, 15) is 9.59 Å². The Morgan fingerprint density at radius 3 is 2.19 bits per heavy atom. The molecular weight excluding hydrogens is 390 g/mol. The molecule has 3 aromatic carbocycles. The van der Waals surface area contributed by atoms with E-state index in [0.717, 1.165) is 27.7 Å². The Balaban J connectivity index is 1.30. The highest BCUT2D eigenvalue weighted by Gasteiger charge is 2.34. The van der Waals surface area contributed by atoms with Crippen molar-refractivity contribution in [3.05, 3.63) is 95.8 Å². The van der Waals surface area contributed by atoms with Gasteiger partial charge in [-0.05, 0) is 29.8 Å².